The molecule has 1 atom stereocenters. The van der Waals surface area contributed by atoms with Gasteiger partial charge in [-0.05, 0) is 53.1 Å². The first-order chi connectivity index (χ1) is 14.1. The third-order valence-corrected chi connectivity index (χ3v) is 5.35. The summed E-state index contributed by atoms with van der Waals surface area (Å²) in [6, 6.07) is 21.4. The molecule has 0 unspecified atom stereocenters. The van der Waals surface area contributed by atoms with Gasteiger partial charge in [0.1, 0.15) is 17.4 Å². The summed E-state index contributed by atoms with van der Waals surface area (Å²) in [4.78, 5) is 4.73. The maximum Gasteiger partial charge on any atom is 0.123 e. The molecule has 0 aromatic heterocycles. The van der Waals surface area contributed by atoms with Gasteiger partial charge < -0.3 is 4.74 Å². The summed E-state index contributed by atoms with van der Waals surface area (Å²) in [7, 11) is 1.67. The lowest BCUT2D eigenvalue weighted by molar-refractivity contribution is 0.125. The normalized spacial score (nSPS) is 17.6. The summed E-state index contributed by atoms with van der Waals surface area (Å²) in [5, 5.41) is 0. The van der Waals surface area contributed by atoms with Crippen molar-refractivity contribution in [3.05, 3.63) is 101 Å². The van der Waals surface area contributed by atoms with E-state index in [1.807, 2.05) is 42.5 Å². The van der Waals surface area contributed by atoms with Crippen LogP contribution >= 0.6 is 0 Å². The zero-order valence-electron chi connectivity index (χ0n) is 16.4. The van der Waals surface area contributed by atoms with Crippen LogP contribution in [0.25, 0.3) is 0 Å². The number of halogens is 2. The molecule has 5 heteroatoms. The Balaban J connectivity index is 1.59. The minimum Gasteiger partial charge on any atom is -0.497 e. The molecule has 1 heterocycles. The van der Waals surface area contributed by atoms with Gasteiger partial charge in [-0.2, -0.15) is 0 Å². The molecule has 0 N–H and O–H groups in total. The number of methoxy groups -OCH3 is 1. The van der Waals surface area contributed by atoms with E-state index in [4.69, 9.17) is 4.74 Å². The van der Waals surface area contributed by atoms with Crippen molar-refractivity contribution in [2.75, 3.05) is 20.2 Å². The van der Waals surface area contributed by atoms with Gasteiger partial charge in [0, 0.05) is 26.2 Å². The Morgan fingerprint density at radius 2 is 1.38 bits per heavy atom. The first-order valence-corrected chi connectivity index (χ1v) is 9.73. The molecule has 1 fully saturated rings. The van der Waals surface area contributed by atoms with E-state index in [0.29, 0.717) is 6.54 Å². The molecule has 0 spiro atoms. The maximum atomic E-state index is 13.5. The lowest BCUT2D eigenvalue weighted by atomic mass is 10.1. The van der Waals surface area contributed by atoms with Crippen LogP contribution in [0.2, 0.25) is 0 Å². The SMILES string of the molecule is COc1cccc(CN2CCN(Cc3ccc(F)cc3)[C@H]2c2ccc(F)cc2)c1. The van der Waals surface area contributed by atoms with Gasteiger partial charge in [0.25, 0.3) is 0 Å². The van der Waals surface area contributed by atoms with Crippen LogP contribution in [0.5, 0.6) is 5.75 Å². The van der Waals surface area contributed by atoms with Gasteiger partial charge in [0.2, 0.25) is 0 Å². The first kappa shape index (κ1) is 19.6. The monoisotopic (exact) mass is 394 g/mol. The molecule has 3 aromatic rings. The Morgan fingerprint density at radius 1 is 0.793 bits per heavy atom. The van der Waals surface area contributed by atoms with E-state index in [1.165, 1.54) is 29.8 Å². The Bertz CT molecular complexity index is 944. The fourth-order valence-electron chi connectivity index (χ4n) is 3.95. The van der Waals surface area contributed by atoms with E-state index in [1.54, 1.807) is 7.11 Å². The summed E-state index contributed by atoms with van der Waals surface area (Å²) < 4.78 is 32.1. The maximum absolute atomic E-state index is 13.5. The summed E-state index contributed by atoms with van der Waals surface area (Å²) >= 11 is 0. The van der Waals surface area contributed by atoms with Gasteiger partial charge in [0.05, 0.1) is 13.3 Å². The minimum absolute atomic E-state index is 0.0202. The second-order valence-electron chi connectivity index (χ2n) is 7.34. The highest BCUT2D eigenvalue weighted by molar-refractivity contribution is 5.29. The molecule has 0 bridgehead atoms. The molecule has 3 nitrogen and oxygen atoms in total. The summed E-state index contributed by atoms with van der Waals surface area (Å²) in [6.45, 7) is 3.24. The van der Waals surface area contributed by atoms with Gasteiger partial charge in [-0.1, -0.05) is 36.4 Å². The number of hydrogen-bond acceptors (Lipinski definition) is 3. The Morgan fingerprint density at radius 3 is 2.00 bits per heavy atom. The van der Waals surface area contributed by atoms with Gasteiger partial charge in [-0.15, -0.1) is 0 Å². The van der Waals surface area contributed by atoms with E-state index in [2.05, 4.69) is 15.9 Å². The average Bonchev–Trinajstić information content (AvgIpc) is 3.12. The van der Waals surface area contributed by atoms with Gasteiger partial charge in [-0.3, -0.25) is 9.80 Å². The number of benzene rings is 3. The largest absolute Gasteiger partial charge is 0.497 e. The molecule has 1 saturated heterocycles. The van der Waals surface area contributed by atoms with E-state index < -0.39 is 0 Å². The summed E-state index contributed by atoms with van der Waals surface area (Å²) in [6.07, 6.45) is 0.0202. The Hall–Kier alpha value is -2.76. The van der Waals surface area contributed by atoms with E-state index in [-0.39, 0.29) is 17.8 Å². The number of hydrogen-bond donors (Lipinski definition) is 0. The van der Waals surface area contributed by atoms with Crippen molar-refractivity contribution in [2.24, 2.45) is 0 Å². The summed E-state index contributed by atoms with van der Waals surface area (Å²) in [5.74, 6) is 0.365. The van der Waals surface area contributed by atoms with Crippen LogP contribution in [-0.2, 0) is 13.1 Å². The van der Waals surface area contributed by atoms with Crippen molar-refractivity contribution < 1.29 is 13.5 Å². The van der Waals surface area contributed by atoms with Gasteiger partial charge >= 0.3 is 0 Å². The van der Waals surface area contributed by atoms with Crippen molar-refractivity contribution in [1.82, 2.24) is 9.80 Å². The lowest BCUT2D eigenvalue weighted by Crippen LogP contribution is -2.30. The Labute approximate surface area is 170 Å². The number of rotatable bonds is 6. The smallest absolute Gasteiger partial charge is 0.123 e. The van der Waals surface area contributed by atoms with E-state index in [0.717, 1.165) is 36.5 Å². The number of nitrogens with zero attached hydrogens (tertiary/aromatic N) is 2. The summed E-state index contributed by atoms with van der Waals surface area (Å²) in [5.41, 5.74) is 3.27. The van der Waals surface area contributed by atoms with Crippen molar-refractivity contribution in [1.29, 1.82) is 0 Å². The predicted molar refractivity (Wildman–Crippen MR) is 109 cm³/mol. The second kappa shape index (κ2) is 8.72. The minimum atomic E-state index is -0.240. The molecule has 0 saturated carbocycles. The van der Waals surface area contributed by atoms with Crippen molar-refractivity contribution in [2.45, 2.75) is 19.3 Å². The third kappa shape index (κ3) is 4.63. The second-order valence-corrected chi connectivity index (χ2v) is 7.34. The highest BCUT2D eigenvalue weighted by Crippen LogP contribution is 2.33. The van der Waals surface area contributed by atoms with Crippen LogP contribution in [0, 0.1) is 11.6 Å². The fraction of sp³-hybridized carbons (Fsp3) is 0.250. The van der Waals surface area contributed by atoms with Crippen molar-refractivity contribution in [3.8, 4) is 5.75 Å². The quantitative estimate of drug-likeness (QED) is 0.586. The third-order valence-electron chi connectivity index (χ3n) is 5.35. The van der Waals surface area contributed by atoms with Crippen LogP contribution in [0.3, 0.4) is 0 Å². The standard InChI is InChI=1S/C24H24F2N2O/c1-29-23-4-2-3-19(15-23)17-28-14-13-27(16-18-5-9-21(25)10-6-18)24(28)20-7-11-22(26)12-8-20/h2-12,15,24H,13-14,16-17H2,1H3/t24-/m1/s1. The molecule has 0 aliphatic carbocycles. The fourth-order valence-corrected chi connectivity index (χ4v) is 3.95. The first-order valence-electron chi connectivity index (χ1n) is 9.73. The highest BCUT2D eigenvalue weighted by Gasteiger charge is 2.33. The van der Waals surface area contributed by atoms with Crippen LogP contribution in [-0.4, -0.2) is 30.0 Å². The van der Waals surface area contributed by atoms with Gasteiger partial charge in [0.15, 0.2) is 0 Å². The van der Waals surface area contributed by atoms with Crippen LogP contribution in [0.15, 0.2) is 72.8 Å². The predicted octanol–water partition coefficient (Wildman–Crippen LogP) is 4.99. The molecule has 29 heavy (non-hydrogen) atoms. The van der Waals surface area contributed by atoms with Crippen LogP contribution in [0.4, 0.5) is 8.78 Å². The molecule has 0 radical (unpaired) electrons. The van der Waals surface area contributed by atoms with E-state index >= 15 is 0 Å². The molecule has 0 amide bonds. The molecule has 150 valence electrons. The molecular formula is C24H24F2N2O. The molecule has 1 aliphatic heterocycles. The molecular weight excluding hydrogens is 370 g/mol. The van der Waals surface area contributed by atoms with Crippen molar-refractivity contribution in [3.63, 3.8) is 0 Å². The lowest BCUT2D eigenvalue weighted by Gasteiger charge is -2.31. The van der Waals surface area contributed by atoms with Gasteiger partial charge in [-0.25, -0.2) is 8.78 Å². The topological polar surface area (TPSA) is 15.7 Å². The van der Waals surface area contributed by atoms with Crippen LogP contribution in [0.1, 0.15) is 22.9 Å². The average molecular weight is 394 g/mol. The Kier molecular flexibility index (Phi) is 5.88. The van der Waals surface area contributed by atoms with Crippen molar-refractivity contribution >= 4 is 0 Å². The zero-order chi connectivity index (χ0) is 20.2. The molecule has 4 rings (SSSR count). The van der Waals surface area contributed by atoms with E-state index in [9.17, 15) is 8.78 Å². The zero-order valence-corrected chi connectivity index (χ0v) is 16.4. The highest BCUT2D eigenvalue weighted by atomic mass is 19.1. The molecule has 3 aromatic carbocycles. The molecule has 1 aliphatic rings. The van der Waals surface area contributed by atoms with Crippen LogP contribution < -0.4 is 4.74 Å². The number of ether oxygens (including phenoxy) is 1.